The van der Waals surface area contributed by atoms with E-state index in [2.05, 4.69) is 5.32 Å². The van der Waals surface area contributed by atoms with Crippen molar-refractivity contribution in [3.63, 3.8) is 0 Å². The van der Waals surface area contributed by atoms with E-state index in [1.54, 1.807) is 27.4 Å². The molecule has 5 nitrogen and oxygen atoms in total. The number of ether oxygens (including phenoxy) is 3. The third-order valence-electron chi connectivity index (χ3n) is 4.59. The number of benzene rings is 3. The average Bonchev–Trinajstić information content (AvgIpc) is 2.82. The van der Waals surface area contributed by atoms with Crippen molar-refractivity contribution in [2.75, 3.05) is 26.6 Å². The third kappa shape index (κ3) is 5.76. The fourth-order valence-electron chi connectivity index (χ4n) is 3.05. The van der Waals surface area contributed by atoms with Crippen LogP contribution in [0.2, 0.25) is 0 Å². The maximum Gasteiger partial charge on any atom is 0.248 e. The Hall–Kier alpha value is -3.99. The molecule has 0 aliphatic rings. The summed E-state index contributed by atoms with van der Waals surface area (Å²) < 4.78 is 16.2. The number of hydrogen-bond acceptors (Lipinski definition) is 4. The summed E-state index contributed by atoms with van der Waals surface area (Å²) in [7, 11) is 4.73. The summed E-state index contributed by atoms with van der Waals surface area (Å²) in [6.45, 7) is 0. The largest absolute Gasteiger partial charge is 0.493 e. The van der Waals surface area contributed by atoms with E-state index in [1.807, 2.05) is 78.9 Å². The lowest BCUT2D eigenvalue weighted by atomic mass is 10.1. The van der Waals surface area contributed by atoms with Crippen LogP contribution in [-0.2, 0) is 4.79 Å². The van der Waals surface area contributed by atoms with Crippen molar-refractivity contribution >= 4 is 29.8 Å². The van der Waals surface area contributed by atoms with Crippen LogP contribution >= 0.6 is 0 Å². The molecule has 1 amide bonds. The normalized spacial score (nSPS) is 10.9. The summed E-state index contributed by atoms with van der Waals surface area (Å²) in [4.78, 5) is 12.4. The highest BCUT2D eigenvalue weighted by molar-refractivity contribution is 6.03. The van der Waals surface area contributed by atoms with Crippen molar-refractivity contribution in [1.29, 1.82) is 0 Å². The lowest BCUT2D eigenvalue weighted by molar-refractivity contribution is -0.111. The predicted octanol–water partition coefficient (Wildman–Crippen LogP) is 5.53. The Morgan fingerprint density at radius 1 is 0.742 bits per heavy atom. The molecule has 0 saturated carbocycles. The van der Waals surface area contributed by atoms with Crippen LogP contribution in [0.25, 0.3) is 18.2 Å². The number of carbonyl (C=O) groups is 1. The van der Waals surface area contributed by atoms with Gasteiger partial charge in [-0.3, -0.25) is 4.79 Å². The van der Waals surface area contributed by atoms with Gasteiger partial charge in [0.1, 0.15) is 0 Å². The first-order valence-corrected chi connectivity index (χ1v) is 9.76. The van der Waals surface area contributed by atoms with Gasteiger partial charge in [0.05, 0.1) is 21.3 Å². The van der Waals surface area contributed by atoms with Gasteiger partial charge in [-0.05, 0) is 41.0 Å². The number of carbonyl (C=O) groups excluding carboxylic acids is 1. The molecule has 5 heteroatoms. The topological polar surface area (TPSA) is 56.8 Å². The Bertz CT molecular complexity index is 1060. The first kappa shape index (κ1) is 21.7. The van der Waals surface area contributed by atoms with Crippen molar-refractivity contribution in [1.82, 2.24) is 0 Å². The lowest BCUT2D eigenvalue weighted by Crippen LogP contribution is -2.08. The van der Waals surface area contributed by atoms with Crippen molar-refractivity contribution in [3.05, 3.63) is 89.5 Å². The minimum absolute atomic E-state index is 0.197. The van der Waals surface area contributed by atoms with E-state index in [-0.39, 0.29) is 5.91 Å². The van der Waals surface area contributed by atoms with Crippen molar-refractivity contribution < 1.29 is 19.0 Å². The van der Waals surface area contributed by atoms with Crippen LogP contribution < -0.4 is 19.5 Å². The molecule has 0 aliphatic carbocycles. The van der Waals surface area contributed by atoms with Gasteiger partial charge in [0, 0.05) is 11.8 Å². The SMILES string of the molecule is COc1cc(/C=C/c2ccccc2NC(=O)/C=C/c2ccccc2)cc(OC)c1OC. The second-order valence-corrected chi connectivity index (χ2v) is 6.61. The van der Waals surface area contributed by atoms with E-state index in [9.17, 15) is 4.79 Å². The van der Waals surface area contributed by atoms with Crippen LogP contribution in [0.15, 0.2) is 72.8 Å². The number of rotatable bonds is 8. The molecule has 3 rings (SSSR count). The zero-order valence-corrected chi connectivity index (χ0v) is 17.8. The van der Waals surface area contributed by atoms with Crippen LogP contribution in [0, 0.1) is 0 Å². The minimum atomic E-state index is -0.197. The lowest BCUT2D eigenvalue weighted by Gasteiger charge is -2.13. The van der Waals surface area contributed by atoms with E-state index >= 15 is 0 Å². The first-order valence-electron chi connectivity index (χ1n) is 9.76. The molecule has 1 N–H and O–H groups in total. The number of hydrogen-bond donors (Lipinski definition) is 1. The van der Waals surface area contributed by atoms with Gasteiger partial charge < -0.3 is 19.5 Å². The second-order valence-electron chi connectivity index (χ2n) is 6.61. The van der Waals surface area contributed by atoms with Crippen LogP contribution in [0.4, 0.5) is 5.69 Å². The van der Waals surface area contributed by atoms with Gasteiger partial charge in [-0.1, -0.05) is 60.7 Å². The molecular formula is C26H25NO4. The highest BCUT2D eigenvalue weighted by Gasteiger charge is 2.12. The van der Waals surface area contributed by atoms with Gasteiger partial charge in [0.2, 0.25) is 11.7 Å². The third-order valence-corrected chi connectivity index (χ3v) is 4.59. The highest BCUT2D eigenvalue weighted by Crippen LogP contribution is 2.38. The summed E-state index contributed by atoms with van der Waals surface area (Å²) in [6.07, 6.45) is 7.16. The Morgan fingerprint density at radius 3 is 2.03 bits per heavy atom. The first-order chi connectivity index (χ1) is 15.1. The maximum absolute atomic E-state index is 12.4. The molecule has 0 fully saturated rings. The van der Waals surface area contributed by atoms with Crippen LogP contribution in [0.1, 0.15) is 16.7 Å². The summed E-state index contributed by atoms with van der Waals surface area (Å²) in [5, 5.41) is 2.93. The summed E-state index contributed by atoms with van der Waals surface area (Å²) >= 11 is 0. The summed E-state index contributed by atoms with van der Waals surface area (Å²) in [5.41, 5.74) is 3.43. The number of methoxy groups -OCH3 is 3. The molecule has 0 spiro atoms. The molecular weight excluding hydrogens is 390 g/mol. The summed E-state index contributed by atoms with van der Waals surface area (Å²) in [6, 6.07) is 21.0. The zero-order valence-electron chi connectivity index (χ0n) is 17.8. The Morgan fingerprint density at radius 2 is 1.39 bits per heavy atom. The highest BCUT2D eigenvalue weighted by atomic mass is 16.5. The number of anilines is 1. The van der Waals surface area contributed by atoms with E-state index in [4.69, 9.17) is 14.2 Å². The predicted molar refractivity (Wildman–Crippen MR) is 126 cm³/mol. The number of nitrogens with one attached hydrogen (secondary N) is 1. The maximum atomic E-state index is 12.4. The molecule has 3 aromatic carbocycles. The van der Waals surface area contributed by atoms with Crippen molar-refractivity contribution in [2.45, 2.75) is 0 Å². The fourth-order valence-corrected chi connectivity index (χ4v) is 3.05. The zero-order chi connectivity index (χ0) is 22.1. The van der Waals surface area contributed by atoms with E-state index in [0.717, 1.165) is 16.7 Å². The number of amides is 1. The van der Waals surface area contributed by atoms with Gasteiger partial charge in [-0.25, -0.2) is 0 Å². The molecule has 0 bridgehead atoms. The molecule has 158 valence electrons. The standard InChI is InChI=1S/C26H25NO4/c1-29-23-17-20(18-24(30-2)26(23)31-3)13-15-21-11-7-8-12-22(21)27-25(28)16-14-19-9-5-4-6-10-19/h4-18H,1-3H3,(H,27,28)/b15-13+,16-14+. The van der Waals surface area contributed by atoms with Gasteiger partial charge in [-0.15, -0.1) is 0 Å². The quantitative estimate of drug-likeness (QED) is 0.388. The van der Waals surface area contributed by atoms with E-state index in [1.165, 1.54) is 6.08 Å². The molecule has 0 heterocycles. The van der Waals surface area contributed by atoms with Gasteiger partial charge in [-0.2, -0.15) is 0 Å². The van der Waals surface area contributed by atoms with Gasteiger partial charge in [0.15, 0.2) is 11.5 Å². The van der Waals surface area contributed by atoms with Gasteiger partial charge >= 0.3 is 0 Å². The Balaban J connectivity index is 1.80. The summed E-state index contributed by atoms with van der Waals surface area (Å²) in [5.74, 6) is 1.50. The Labute approximate surface area is 182 Å². The monoisotopic (exact) mass is 415 g/mol. The second kappa shape index (κ2) is 10.7. The minimum Gasteiger partial charge on any atom is -0.493 e. The molecule has 0 radical (unpaired) electrons. The number of para-hydroxylation sites is 1. The Kier molecular flexibility index (Phi) is 7.49. The van der Waals surface area contributed by atoms with Crippen molar-refractivity contribution in [3.8, 4) is 17.2 Å². The van der Waals surface area contributed by atoms with E-state index < -0.39 is 0 Å². The smallest absolute Gasteiger partial charge is 0.248 e. The molecule has 31 heavy (non-hydrogen) atoms. The molecule has 0 aromatic heterocycles. The molecule has 0 atom stereocenters. The van der Waals surface area contributed by atoms with Crippen LogP contribution in [0.3, 0.4) is 0 Å². The van der Waals surface area contributed by atoms with Crippen LogP contribution in [-0.4, -0.2) is 27.2 Å². The van der Waals surface area contributed by atoms with E-state index in [0.29, 0.717) is 22.9 Å². The molecule has 0 saturated heterocycles. The molecule has 0 unspecified atom stereocenters. The van der Waals surface area contributed by atoms with Crippen LogP contribution in [0.5, 0.6) is 17.2 Å². The molecule has 0 aliphatic heterocycles. The molecule has 3 aromatic rings. The fraction of sp³-hybridized carbons (Fsp3) is 0.115. The van der Waals surface area contributed by atoms with Crippen molar-refractivity contribution in [2.24, 2.45) is 0 Å². The average molecular weight is 415 g/mol. The van der Waals surface area contributed by atoms with Gasteiger partial charge in [0.25, 0.3) is 0 Å².